The molecule has 0 bridgehead atoms. The van der Waals surface area contributed by atoms with Crippen LogP contribution in [0.15, 0.2) is 46.9 Å². The lowest BCUT2D eigenvalue weighted by molar-refractivity contribution is -0.137. The van der Waals surface area contributed by atoms with Crippen molar-refractivity contribution in [2.45, 2.75) is 38.6 Å². The quantitative estimate of drug-likeness (QED) is 0.352. The van der Waals surface area contributed by atoms with Crippen LogP contribution in [0.4, 0.5) is 5.69 Å². The van der Waals surface area contributed by atoms with Crippen LogP contribution in [0.3, 0.4) is 0 Å². The van der Waals surface area contributed by atoms with E-state index >= 15 is 0 Å². The van der Waals surface area contributed by atoms with Gasteiger partial charge in [-0.1, -0.05) is 40.9 Å². The molecule has 0 saturated carbocycles. The number of rotatable bonds is 12. The molecular formula is C22H26BrNO4. The van der Waals surface area contributed by atoms with Crippen LogP contribution in [0.5, 0.6) is 5.75 Å². The minimum atomic E-state index is -0.744. The zero-order valence-corrected chi connectivity index (χ0v) is 17.7. The molecule has 0 radical (unpaired) electrons. The van der Waals surface area contributed by atoms with Crippen LogP contribution in [0.25, 0.3) is 0 Å². The lowest BCUT2D eigenvalue weighted by Crippen LogP contribution is -2.25. The monoisotopic (exact) mass is 447 g/mol. The maximum absolute atomic E-state index is 11.6. The SMILES string of the molecule is COc1ccc(CN(CCCCCCC(=O)O)c2ccc(Br)cc2C=O)cc1. The molecule has 0 atom stereocenters. The zero-order valence-electron chi connectivity index (χ0n) is 16.1. The molecule has 2 aromatic rings. The van der Waals surface area contributed by atoms with E-state index in [1.807, 2.05) is 42.5 Å². The zero-order chi connectivity index (χ0) is 20.4. The van der Waals surface area contributed by atoms with Crippen LogP contribution in [-0.4, -0.2) is 31.0 Å². The second-order valence-corrected chi connectivity index (χ2v) is 7.56. The molecule has 1 N–H and O–H groups in total. The van der Waals surface area contributed by atoms with Gasteiger partial charge < -0.3 is 14.7 Å². The number of aliphatic carboxylic acids is 1. The number of aldehydes is 1. The van der Waals surface area contributed by atoms with E-state index < -0.39 is 5.97 Å². The molecule has 2 rings (SSSR count). The first kappa shape index (κ1) is 22.0. The van der Waals surface area contributed by atoms with Gasteiger partial charge in [0.05, 0.1) is 7.11 Å². The Labute approximate surface area is 174 Å². The summed E-state index contributed by atoms with van der Waals surface area (Å²) >= 11 is 3.42. The van der Waals surface area contributed by atoms with Crippen molar-refractivity contribution >= 4 is 33.9 Å². The lowest BCUT2D eigenvalue weighted by atomic mass is 10.1. The lowest BCUT2D eigenvalue weighted by Gasteiger charge is -2.26. The molecule has 0 unspecified atom stereocenters. The van der Waals surface area contributed by atoms with Gasteiger partial charge in [-0.05, 0) is 48.7 Å². The number of halogens is 1. The molecule has 150 valence electrons. The van der Waals surface area contributed by atoms with E-state index in [2.05, 4.69) is 20.8 Å². The fourth-order valence-corrected chi connectivity index (χ4v) is 3.46. The van der Waals surface area contributed by atoms with E-state index in [1.54, 1.807) is 7.11 Å². The minimum Gasteiger partial charge on any atom is -0.497 e. The van der Waals surface area contributed by atoms with Crippen LogP contribution >= 0.6 is 15.9 Å². The fourth-order valence-electron chi connectivity index (χ4n) is 3.08. The molecule has 0 aromatic heterocycles. The second kappa shape index (κ2) is 11.5. The van der Waals surface area contributed by atoms with Crippen molar-refractivity contribution in [2.75, 3.05) is 18.6 Å². The Bertz CT molecular complexity index is 777. The minimum absolute atomic E-state index is 0.220. The number of benzene rings is 2. The molecule has 0 spiro atoms. The van der Waals surface area contributed by atoms with Crippen molar-refractivity contribution in [1.82, 2.24) is 0 Å². The summed E-state index contributed by atoms with van der Waals surface area (Å²) in [5.74, 6) is 0.0672. The van der Waals surface area contributed by atoms with Gasteiger partial charge in [0.15, 0.2) is 6.29 Å². The number of hydrogen-bond acceptors (Lipinski definition) is 4. The van der Waals surface area contributed by atoms with Crippen molar-refractivity contribution in [3.63, 3.8) is 0 Å². The van der Waals surface area contributed by atoms with Gasteiger partial charge >= 0.3 is 5.97 Å². The largest absolute Gasteiger partial charge is 0.497 e. The van der Waals surface area contributed by atoms with Gasteiger partial charge in [-0.25, -0.2) is 0 Å². The first-order valence-corrected chi connectivity index (χ1v) is 10.2. The molecule has 0 aliphatic rings. The summed E-state index contributed by atoms with van der Waals surface area (Å²) in [5, 5.41) is 8.73. The molecule has 0 amide bonds. The Balaban J connectivity index is 2.08. The predicted octanol–water partition coefficient (Wildman–Crippen LogP) is 5.31. The second-order valence-electron chi connectivity index (χ2n) is 6.65. The van der Waals surface area contributed by atoms with Crippen LogP contribution in [0.1, 0.15) is 48.0 Å². The maximum atomic E-state index is 11.6. The number of nitrogens with zero attached hydrogens (tertiary/aromatic N) is 1. The smallest absolute Gasteiger partial charge is 0.303 e. The Morgan fingerprint density at radius 1 is 1.11 bits per heavy atom. The summed E-state index contributed by atoms with van der Waals surface area (Å²) in [6.45, 7) is 1.48. The van der Waals surface area contributed by atoms with Crippen molar-refractivity contribution < 1.29 is 19.4 Å². The molecule has 5 nitrogen and oxygen atoms in total. The summed E-state index contributed by atoms with van der Waals surface area (Å²) in [7, 11) is 1.64. The number of ether oxygens (including phenoxy) is 1. The molecule has 0 fully saturated rings. The van der Waals surface area contributed by atoms with E-state index in [1.165, 1.54) is 0 Å². The highest BCUT2D eigenvalue weighted by molar-refractivity contribution is 9.10. The third kappa shape index (κ3) is 7.00. The highest BCUT2D eigenvalue weighted by Crippen LogP contribution is 2.26. The van der Waals surface area contributed by atoms with Gasteiger partial charge in [-0.2, -0.15) is 0 Å². The number of hydrogen-bond donors (Lipinski definition) is 1. The topological polar surface area (TPSA) is 66.8 Å². The van der Waals surface area contributed by atoms with Gasteiger partial charge in [0.2, 0.25) is 0 Å². The van der Waals surface area contributed by atoms with Crippen LogP contribution < -0.4 is 9.64 Å². The summed E-state index contributed by atoms with van der Waals surface area (Å²) in [5.41, 5.74) is 2.68. The van der Waals surface area contributed by atoms with E-state index in [0.29, 0.717) is 18.5 Å². The molecule has 28 heavy (non-hydrogen) atoms. The van der Waals surface area contributed by atoms with Crippen molar-refractivity contribution in [3.05, 3.63) is 58.1 Å². The van der Waals surface area contributed by atoms with Gasteiger partial charge in [0.25, 0.3) is 0 Å². The average Bonchev–Trinajstić information content (AvgIpc) is 2.70. The van der Waals surface area contributed by atoms with E-state index in [9.17, 15) is 9.59 Å². The van der Waals surface area contributed by atoms with Crippen molar-refractivity contribution in [3.8, 4) is 5.75 Å². The first-order valence-electron chi connectivity index (χ1n) is 9.38. The highest BCUT2D eigenvalue weighted by atomic mass is 79.9. The predicted molar refractivity (Wildman–Crippen MR) is 114 cm³/mol. The Morgan fingerprint density at radius 3 is 2.46 bits per heavy atom. The summed E-state index contributed by atoms with van der Waals surface area (Å²) in [6.07, 6.45) is 4.59. The molecule has 0 aliphatic heterocycles. The number of methoxy groups -OCH3 is 1. The Kier molecular flexibility index (Phi) is 9.01. The van der Waals surface area contributed by atoms with Crippen LogP contribution in [0.2, 0.25) is 0 Å². The molecule has 2 aromatic carbocycles. The summed E-state index contributed by atoms with van der Waals surface area (Å²) in [6, 6.07) is 13.6. The molecular weight excluding hydrogens is 422 g/mol. The third-order valence-electron chi connectivity index (χ3n) is 4.56. The molecule has 0 saturated heterocycles. The van der Waals surface area contributed by atoms with Gasteiger partial charge in [0.1, 0.15) is 5.75 Å². The number of carboxylic acid groups (broad SMARTS) is 1. The standard InChI is InChI=1S/C22H26BrNO4/c1-28-20-10-7-17(8-11-20)15-24(13-5-3-2-4-6-22(26)27)21-12-9-19(23)14-18(21)16-25/h7-12,14,16H,2-6,13,15H2,1H3,(H,26,27). The molecule has 0 heterocycles. The first-order chi connectivity index (χ1) is 13.5. The number of anilines is 1. The van der Waals surface area contributed by atoms with Crippen molar-refractivity contribution in [2.24, 2.45) is 0 Å². The van der Waals surface area contributed by atoms with Crippen LogP contribution in [-0.2, 0) is 11.3 Å². The van der Waals surface area contributed by atoms with Gasteiger partial charge in [-0.3, -0.25) is 9.59 Å². The normalized spacial score (nSPS) is 10.5. The number of carbonyl (C=O) groups is 2. The third-order valence-corrected chi connectivity index (χ3v) is 5.05. The summed E-state index contributed by atoms with van der Waals surface area (Å²) < 4.78 is 6.09. The Morgan fingerprint density at radius 2 is 1.82 bits per heavy atom. The average molecular weight is 448 g/mol. The van der Waals surface area contributed by atoms with E-state index in [4.69, 9.17) is 9.84 Å². The van der Waals surface area contributed by atoms with Crippen molar-refractivity contribution in [1.29, 1.82) is 0 Å². The van der Waals surface area contributed by atoms with E-state index in [0.717, 1.165) is 53.6 Å². The number of unbranched alkanes of at least 4 members (excludes halogenated alkanes) is 3. The van der Waals surface area contributed by atoms with Gasteiger partial charge in [-0.15, -0.1) is 0 Å². The van der Waals surface area contributed by atoms with Gasteiger partial charge in [0, 0.05) is 35.2 Å². The molecule has 6 heteroatoms. The molecule has 0 aliphatic carbocycles. The van der Waals surface area contributed by atoms with Crippen LogP contribution in [0, 0.1) is 0 Å². The fraction of sp³-hybridized carbons (Fsp3) is 0.364. The number of carboxylic acids is 1. The number of carbonyl (C=O) groups excluding carboxylic acids is 1. The maximum Gasteiger partial charge on any atom is 0.303 e. The summed E-state index contributed by atoms with van der Waals surface area (Å²) in [4.78, 5) is 24.4. The van der Waals surface area contributed by atoms with E-state index in [-0.39, 0.29) is 6.42 Å². The Hall–Kier alpha value is -2.34. The highest BCUT2D eigenvalue weighted by Gasteiger charge is 2.12.